The molecule has 4 nitrogen and oxygen atoms in total. The van der Waals surface area contributed by atoms with Crippen molar-refractivity contribution < 1.29 is 4.74 Å². The van der Waals surface area contributed by atoms with E-state index in [1.54, 1.807) is 18.6 Å². The molecule has 0 unspecified atom stereocenters. The summed E-state index contributed by atoms with van der Waals surface area (Å²) in [5, 5.41) is 0. The quantitative estimate of drug-likeness (QED) is 0.686. The SMILES string of the molecule is c1cc(OCc2ccc3nccn3c2)ccn1. The summed E-state index contributed by atoms with van der Waals surface area (Å²) in [7, 11) is 0. The minimum atomic E-state index is 0.540. The van der Waals surface area contributed by atoms with Crippen LogP contribution in [0.4, 0.5) is 0 Å². The summed E-state index contributed by atoms with van der Waals surface area (Å²) in [6, 6.07) is 7.68. The number of pyridine rings is 2. The monoisotopic (exact) mass is 225 g/mol. The van der Waals surface area contributed by atoms with Crippen molar-refractivity contribution in [2.75, 3.05) is 0 Å². The van der Waals surface area contributed by atoms with Crippen LogP contribution in [0.2, 0.25) is 0 Å². The molecule has 0 fully saturated rings. The van der Waals surface area contributed by atoms with Gasteiger partial charge in [0, 0.05) is 36.5 Å². The van der Waals surface area contributed by atoms with Crippen molar-refractivity contribution in [3.05, 3.63) is 60.8 Å². The number of fused-ring (bicyclic) bond motifs is 1. The number of ether oxygens (including phenoxy) is 1. The molecule has 3 heterocycles. The van der Waals surface area contributed by atoms with Crippen molar-refractivity contribution in [2.45, 2.75) is 6.61 Å². The summed E-state index contributed by atoms with van der Waals surface area (Å²) < 4.78 is 7.62. The second-order valence-corrected chi connectivity index (χ2v) is 3.70. The van der Waals surface area contributed by atoms with Gasteiger partial charge in [-0.15, -0.1) is 0 Å². The summed E-state index contributed by atoms with van der Waals surface area (Å²) in [5.74, 6) is 0.825. The molecular formula is C13H11N3O. The van der Waals surface area contributed by atoms with Crippen LogP contribution >= 0.6 is 0 Å². The van der Waals surface area contributed by atoms with E-state index in [1.165, 1.54) is 0 Å². The second-order valence-electron chi connectivity index (χ2n) is 3.70. The molecule has 4 heteroatoms. The van der Waals surface area contributed by atoms with Gasteiger partial charge in [-0.2, -0.15) is 0 Å². The molecule has 0 aromatic carbocycles. The summed E-state index contributed by atoms with van der Waals surface area (Å²) >= 11 is 0. The van der Waals surface area contributed by atoms with Crippen LogP contribution in [-0.4, -0.2) is 14.4 Å². The second kappa shape index (κ2) is 4.25. The molecule has 0 N–H and O–H groups in total. The Morgan fingerprint density at radius 2 is 1.94 bits per heavy atom. The molecule has 3 rings (SSSR count). The van der Waals surface area contributed by atoms with Crippen LogP contribution in [0.25, 0.3) is 5.65 Å². The van der Waals surface area contributed by atoms with Gasteiger partial charge < -0.3 is 9.14 Å². The minimum absolute atomic E-state index is 0.540. The van der Waals surface area contributed by atoms with E-state index < -0.39 is 0 Å². The van der Waals surface area contributed by atoms with Gasteiger partial charge in [-0.3, -0.25) is 4.98 Å². The third-order valence-corrected chi connectivity index (χ3v) is 2.51. The van der Waals surface area contributed by atoms with Gasteiger partial charge in [-0.1, -0.05) is 6.07 Å². The molecule has 0 saturated carbocycles. The van der Waals surface area contributed by atoms with E-state index in [0.717, 1.165) is 17.0 Å². The molecular weight excluding hydrogens is 214 g/mol. The first-order valence-electron chi connectivity index (χ1n) is 5.36. The predicted octanol–water partition coefficient (Wildman–Crippen LogP) is 2.31. The molecule has 0 aliphatic heterocycles. The Labute approximate surface area is 98.5 Å². The maximum Gasteiger partial charge on any atom is 0.136 e. The summed E-state index contributed by atoms with van der Waals surface area (Å²) in [6.45, 7) is 0.540. The highest BCUT2D eigenvalue weighted by molar-refractivity contribution is 5.39. The first-order chi connectivity index (χ1) is 8.42. The Hall–Kier alpha value is -2.36. The number of imidazole rings is 1. The van der Waals surface area contributed by atoms with Crippen molar-refractivity contribution >= 4 is 5.65 Å². The Morgan fingerprint density at radius 1 is 1.06 bits per heavy atom. The molecule has 0 bridgehead atoms. The zero-order valence-electron chi connectivity index (χ0n) is 9.15. The molecule has 84 valence electrons. The Balaban J connectivity index is 1.76. The number of rotatable bonds is 3. The summed E-state index contributed by atoms with van der Waals surface area (Å²) in [4.78, 5) is 8.13. The van der Waals surface area contributed by atoms with Crippen molar-refractivity contribution in [3.8, 4) is 5.75 Å². The van der Waals surface area contributed by atoms with Gasteiger partial charge in [0.25, 0.3) is 0 Å². The molecule has 0 saturated heterocycles. The van der Waals surface area contributed by atoms with Gasteiger partial charge in [-0.05, 0) is 18.2 Å². The average Bonchev–Trinajstić information content (AvgIpc) is 2.85. The minimum Gasteiger partial charge on any atom is -0.489 e. The van der Waals surface area contributed by atoms with Gasteiger partial charge in [0.2, 0.25) is 0 Å². The lowest BCUT2D eigenvalue weighted by Gasteiger charge is -2.06. The van der Waals surface area contributed by atoms with Crippen molar-refractivity contribution in [1.29, 1.82) is 0 Å². The zero-order valence-corrected chi connectivity index (χ0v) is 9.15. The fourth-order valence-corrected chi connectivity index (χ4v) is 1.65. The van der Waals surface area contributed by atoms with Crippen LogP contribution in [-0.2, 0) is 6.61 Å². The average molecular weight is 225 g/mol. The summed E-state index contributed by atoms with van der Waals surface area (Å²) in [5.41, 5.74) is 2.05. The first-order valence-corrected chi connectivity index (χ1v) is 5.36. The number of nitrogens with zero attached hydrogens (tertiary/aromatic N) is 3. The molecule has 0 radical (unpaired) electrons. The molecule has 3 aromatic rings. The van der Waals surface area contributed by atoms with Crippen molar-refractivity contribution in [2.24, 2.45) is 0 Å². The Morgan fingerprint density at radius 3 is 2.82 bits per heavy atom. The molecule has 0 aliphatic carbocycles. The highest BCUT2D eigenvalue weighted by atomic mass is 16.5. The fourth-order valence-electron chi connectivity index (χ4n) is 1.65. The van der Waals surface area contributed by atoms with E-state index in [4.69, 9.17) is 4.74 Å². The molecule has 0 atom stereocenters. The van der Waals surface area contributed by atoms with E-state index in [0.29, 0.717) is 6.61 Å². The molecule has 17 heavy (non-hydrogen) atoms. The van der Waals surface area contributed by atoms with Gasteiger partial charge in [-0.25, -0.2) is 4.98 Å². The molecule has 3 aromatic heterocycles. The highest BCUT2D eigenvalue weighted by Crippen LogP contribution is 2.11. The molecule has 0 spiro atoms. The van der Waals surface area contributed by atoms with Crippen LogP contribution in [0.1, 0.15) is 5.56 Å². The Bertz CT molecular complexity index is 619. The van der Waals surface area contributed by atoms with E-state index in [1.807, 2.05) is 41.1 Å². The first kappa shape index (κ1) is 9.84. The van der Waals surface area contributed by atoms with Gasteiger partial charge in [0.05, 0.1) is 0 Å². The lowest BCUT2D eigenvalue weighted by molar-refractivity contribution is 0.305. The number of aromatic nitrogens is 3. The standard InChI is InChI=1S/C13H11N3O/c1-2-13-15-7-8-16(13)9-11(1)10-17-12-3-5-14-6-4-12/h1-9H,10H2. The number of hydrogen-bond donors (Lipinski definition) is 0. The van der Waals surface area contributed by atoms with E-state index in [-0.39, 0.29) is 0 Å². The fraction of sp³-hybridized carbons (Fsp3) is 0.0769. The molecule has 0 aliphatic rings. The lowest BCUT2D eigenvalue weighted by Crippen LogP contribution is -1.97. The third kappa shape index (κ3) is 2.10. The normalized spacial score (nSPS) is 10.6. The van der Waals surface area contributed by atoms with Gasteiger partial charge >= 0.3 is 0 Å². The van der Waals surface area contributed by atoms with Crippen LogP contribution in [0.5, 0.6) is 5.75 Å². The van der Waals surface area contributed by atoms with Crippen LogP contribution in [0.3, 0.4) is 0 Å². The summed E-state index contributed by atoms with van der Waals surface area (Å²) in [6.07, 6.45) is 9.15. The largest absolute Gasteiger partial charge is 0.489 e. The molecule has 0 amide bonds. The maximum atomic E-state index is 5.64. The van der Waals surface area contributed by atoms with Crippen LogP contribution in [0, 0.1) is 0 Å². The van der Waals surface area contributed by atoms with Gasteiger partial charge in [0.1, 0.15) is 18.0 Å². The number of hydrogen-bond acceptors (Lipinski definition) is 3. The van der Waals surface area contributed by atoms with Crippen LogP contribution in [0.15, 0.2) is 55.2 Å². The topological polar surface area (TPSA) is 39.4 Å². The Kier molecular flexibility index (Phi) is 2.46. The van der Waals surface area contributed by atoms with E-state index in [9.17, 15) is 0 Å². The van der Waals surface area contributed by atoms with Crippen molar-refractivity contribution in [1.82, 2.24) is 14.4 Å². The smallest absolute Gasteiger partial charge is 0.136 e. The van der Waals surface area contributed by atoms with E-state index in [2.05, 4.69) is 9.97 Å². The predicted molar refractivity (Wildman–Crippen MR) is 63.8 cm³/mol. The third-order valence-electron chi connectivity index (χ3n) is 2.51. The van der Waals surface area contributed by atoms with Crippen LogP contribution < -0.4 is 4.74 Å². The zero-order chi connectivity index (χ0) is 11.5. The van der Waals surface area contributed by atoms with E-state index >= 15 is 0 Å². The lowest BCUT2D eigenvalue weighted by atomic mass is 10.3. The van der Waals surface area contributed by atoms with Gasteiger partial charge in [0.15, 0.2) is 0 Å². The highest BCUT2D eigenvalue weighted by Gasteiger charge is 1.98. The maximum absolute atomic E-state index is 5.64. The van der Waals surface area contributed by atoms with Crippen molar-refractivity contribution in [3.63, 3.8) is 0 Å².